The minimum Gasteiger partial charge on any atom is -0.321 e. The number of para-hydroxylation sites is 1. The normalized spacial score (nSPS) is 13.2. The molecule has 1 N–H and O–H groups in total. The van der Waals surface area contributed by atoms with E-state index in [9.17, 15) is 14.4 Å². The van der Waals surface area contributed by atoms with Crippen LogP contribution in [0.4, 0.5) is 5.69 Å². The van der Waals surface area contributed by atoms with Crippen LogP contribution < -0.4 is 5.32 Å². The Labute approximate surface area is 146 Å². The number of amides is 3. The molecule has 0 saturated carbocycles. The molecule has 25 heavy (non-hydrogen) atoms. The number of nitrogens with one attached hydrogen (secondary N) is 1. The third-order valence-corrected chi connectivity index (χ3v) is 4.59. The minimum absolute atomic E-state index is 0.277. The molecular formula is C20H20N2O3. The van der Waals surface area contributed by atoms with Crippen molar-refractivity contribution in [3.63, 3.8) is 0 Å². The van der Waals surface area contributed by atoms with E-state index >= 15 is 0 Å². The predicted octanol–water partition coefficient (Wildman–Crippen LogP) is 3.29. The molecule has 128 valence electrons. The van der Waals surface area contributed by atoms with Crippen molar-refractivity contribution in [1.29, 1.82) is 0 Å². The SMILES string of the molecule is CCc1cccc(CC)c1NC(=O)c1ccc2c(c1)C(=O)N(C)C2=O. The molecule has 0 unspecified atom stereocenters. The highest BCUT2D eigenvalue weighted by Crippen LogP contribution is 2.25. The average Bonchev–Trinajstić information content (AvgIpc) is 2.85. The summed E-state index contributed by atoms with van der Waals surface area (Å²) >= 11 is 0. The highest BCUT2D eigenvalue weighted by molar-refractivity contribution is 6.22. The van der Waals surface area contributed by atoms with Gasteiger partial charge in [-0.1, -0.05) is 32.0 Å². The number of hydrogen-bond acceptors (Lipinski definition) is 3. The molecule has 1 aliphatic rings. The first-order chi connectivity index (χ1) is 12.0. The summed E-state index contributed by atoms with van der Waals surface area (Å²) in [5.41, 5.74) is 3.95. The van der Waals surface area contributed by atoms with Gasteiger partial charge in [0, 0.05) is 18.3 Å². The smallest absolute Gasteiger partial charge is 0.261 e. The lowest BCUT2D eigenvalue weighted by molar-refractivity contribution is 0.0693. The number of aryl methyl sites for hydroxylation is 2. The zero-order valence-electron chi connectivity index (χ0n) is 14.6. The minimum atomic E-state index is -0.377. The van der Waals surface area contributed by atoms with Gasteiger partial charge in [0.1, 0.15) is 0 Å². The second-order valence-corrected chi connectivity index (χ2v) is 6.04. The molecule has 0 radical (unpaired) electrons. The number of carbonyl (C=O) groups excluding carboxylic acids is 3. The maximum atomic E-state index is 12.7. The fourth-order valence-corrected chi connectivity index (χ4v) is 3.09. The van der Waals surface area contributed by atoms with Crippen LogP contribution in [-0.2, 0) is 12.8 Å². The van der Waals surface area contributed by atoms with E-state index in [-0.39, 0.29) is 23.3 Å². The Bertz CT molecular complexity index is 864. The predicted molar refractivity (Wildman–Crippen MR) is 96.0 cm³/mol. The van der Waals surface area contributed by atoms with Crippen LogP contribution in [0, 0.1) is 0 Å². The van der Waals surface area contributed by atoms with Crippen LogP contribution in [0.5, 0.6) is 0 Å². The lowest BCUT2D eigenvalue weighted by Crippen LogP contribution is -2.24. The summed E-state index contributed by atoms with van der Waals surface area (Å²) in [6.07, 6.45) is 1.62. The molecule has 0 aromatic heterocycles. The lowest BCUT2D eigenvalue weighted by Gasteiger charge is -2.14. The van der Waals surface area contributed by atoms with Crippen LogP contribution in [0.1, 0.15) is 56.0 Å². The van der Waals surface area contributed by atoms with E-state index in [0.717, 1.165) is 34.6 Å². The van der Waals surface area contributed by atoms with Crippen LogP contribution in [0.25, 0.3) is 0 Å². The monoisotopic (exact) mass is 336 g/mol. The highest BCUT2D eigenvalue weighted by Gasteiger charge is 2.33. The Morgan fingerprint density at radius 1 is 0.960 bits per heavy atom. The van der Waals surface area contributed by atoms with Crippen molar-refractivity contribution in [3.8, 4) is 0 Å². The fourth-order valence-electron chi connectivity index (χ4n) is 3.09. The molecule has 2 aromatic carbocycles. The van der Waals surface area contributed by atoms with E-state index in [1.165, 1.54) is 13.1 Å². The Balaban J connectivity index is 1.94. The van der Waals surface area contributed by atoms with Gasteiger partial charge in [-0.05, 0) is 42.2 Å². The van der Waals surface area contributed by atoms with E-state index in [1.807, 2.05) is 32.0 Å². The Kier molecular flexibility index (Phi) is 4.40. The van der Waals surface area contributed by atoms with E-state index in [4.69, 9.17) is 0 Å². The Morgan fingerprint density at radius 3 is 2.16 bits per heavy atom. The van der Waals surface area contributed by atoms with Crippen LogP contribution in [-0.4, -0.2) is 29.7 Å². The van der Waals surface area contributed by atoms with Crippen molar-refractivity contribution < 1.29 is 14.4 Å². The molecule has 0 spiro atoms. The number of rotatable bonds is 4. The van der Waals surface area contributed by atoms with Gasteiger partial charge in [-0.15, -0.1) is 0 Å². The van der Waals surface area contributed by atoms with Crippen LogP contribution in [0.3, 0.4) is 0 Å². The van der Waals surface area contributed by atoms with Gasteiger partial charge >= 0.3 is 0 Å². The van der Waals surface area contributed by atoms with Gasteiger partial charge in [0.05, 0.1) is 11.1 Å². The van der Waals surface area contributed by atoms with Gasteiger partial charge in [0.15, 0.2) is 0 Å². The maximum Gasteiger partial charge on any atom is 0.261 e. The highest BCUT2D eigenvalue weighted by atomic mass is 16.2. The number of hydrogen-bond donors (Lipinski definition) is 1. The van der Waals surface area contributed by atoms with Crippen molar-refractivity contribution in [2.75, 3.05) is 12.4 Å². The first-order valence-corrected chi connectivity index (χ1v) is 8.36. The standard InChI is InChI=1S/C20H20N2O3/c1-4-12-7-6-8-13(5-2)17(12)21-18(23)14-9-10-15-16(11-14)20(25)22(3)19(15)24/h6-11H,4-5H2,1-3H3,(H,21,23). The number of fused-ring (bicyclic) bond motifs is 1. The van der Waals surface area contributed by atoms with Gasteiger partial charge < -0.3 is 5.32 Å². The van der Waals surface area contributed by atoms with Gasteiger partial charge in [-0.3, -0.25) is 19.3 Å². The number of benzene rings is 2. The third-order valence-electron chi connectivity index (χ3n) is 4.59. The number of nitrogens with zero attached hydrogens (tertiary/aromatic N) is 1. The Morgan fingerprint density at radius 2 is 1.56 bits per heavy atom. The second kappa shape index (κ2) is 6.51. The van der Waals surface area contributed by atoms with Gasteiger partial charge in [-0.25, -0.2) is 0 Å². The summed E-state index contributed by atoms with van der Waals surface area (Å²) in [6, 6.07) is 10.6. The summed E-state index contributed by atoms with van der Waals surface area (Å²) in [5, 5.41) is 2.98. The van der Waals surface area contributed by atoms with Crippen LogP contribution in [0.2, 0.25) is 0 Å². The first kappa shape index (κ1) is 16.9. The van der Waals surface area contributed by atoms with Crippen molar-refractivity contribution in [2.45, 2.75) is 26.7 Å². The Hall–Kier alpha value is -2.95. The number of anilines is 1. The van der Waals surface area contributed by atoms with Crippen molar-refractivity contribution >= 4 is 23.4 Å². The molecule has 0 fully saturated rings. The molecule has 5 nitrogen and oxygen atoms in total. The summed E-state index contributed by atoms with van der Waals surface area (Å²) in [4.78, 5) is 37.8. The van der Waals surface area contributed by atoms with Gasteiger partial charge in [-0.2, -0.15) is 0 Å². The van der Waals surface area contributed by atoms with Crippen LogP contribution in [0.15, 0.2) is 36.4 Å². The summed E-state index contributed by atoms with van der Waals surface area (Å²) in [7, 11) is 1.44. The molecule has 0 aliphatic carbocycles. The summed E-state index contributed by atoms with van der Waals surface area (Å²) < 4.78 is 0. The number of carbonyl (C=O) groups is 3. The lowest BCUT2D eigenvalue weighted by atomic mass is 10.0. The third kappa shape index (κ3) is 2.82. The van der Waals surface area contributed by atoms with E-state index in [2.05, 4.69) is 5.32 Å². The fraction of sp³-hybridized carbons (Fsp3) is 0.250. The molecule has 0 atom stereocenters. The first-order valence-electron chi connectivity index (χ1n) is 8.36. The summed E-state index contributed by atoms with van der Waals surface area (Å²) in [5.74, 6) is -0.998. The van der Waals surface area contributed by atoms with Crippen molar-refractivity contribution in [2.24, 2.45) is 0 Å². The summed E-state index contributed by atoms with van der Waals surface area (Å²) in [6.45, 7) is 4.08. The number of imide groups is 1. The quantitative estimate of drug-likeness (QED) is 0.871. The van der Waals surface area contributed by atoms with Crippen molar-refractivity contribution in [1.82, 2.24) is 4.90 Å². The maximum absolute atomic E-state index is 12.7. The van der Waals surface area contributed by atoms with Crippen molar-refractivity contribution in [3.05, 3.63) is 64.2 Å². The zero-order valence-corrected chi connectivity index (χ0v) is 14.6. The molecule has 0 saturated heterocycles. The molecule has 1 heterocycles. The zero-order chi connectivity index (χ0) is 18.1. The largest absolute Gasteiger partial charge is 0.321 e. The van der Waals surface area contributed by atoms with Gasteiger partial charge in [0.25, 0.3) is 17.7 Å². The molecule has 3 amide bonds. The van der Waals surface area contributed by atoms with Crippen LogP contribution >= 0.6 is 0 Å². The molecular weight excluding hydrogens is 316 g/mol. The van der Waals surface area contributed by atoms with E-state index in [0.29, 0.717) is 11.1 Å². The molecule has 5 heteroatoms. The van der Waals surface area contributed by atoms with E-state index < -0.39 is 0 Å². The second-order valence-electron chi connectivity index (χ2n) is 6.04. The average molecular weight is 336 g/mol. The molecule has 0 bridgehead atoms. The molecule has 3 rings (SSSR count). The molecule has 1 aliphatic heterocycles. The topological polar surface area (TPSA) is 66.5 Å². The van der Waals surface area contributed by atoms with Gasteiger partial charge in [0.2, 0.25) is 0 Å². The van der Waals surface area contributed by atoms with E-state index in [1.54, 1.807) is 12.1 Å². The molecule has 2 aromatic rings.